The number of rotatable bonds is 10. The van der Waals surface area contributed by atoms with Crippen LogP contribution in [0.2, 0.25) is 0 Å². The summed E-state index contributed by atoms with van der Waals surface area (Å²) in [5, 5.41) is 12.1. The van der Waals surface area contributed by atoms with E-state index in [2.05, 4.69) is 10.1 Å². The summed E-state index contributed by atoms with van der Waals surface area (Å²) < 4.78 is 15.1. The smallest absolute Gasteiger partial charge is 0.343 e. The van der Waals surface area contributed by atoms with Crippen LogP contribution in [0.15, 0.2) is 54.1 Å². The molecule has 0 bridgehead atoms. The third kappa shape index (κ3) is 6.99. The Morgan fingerprint density at radius 2 is 1.87 bits per heavy atom. The molecule has 2 aromatic carbocycles. The van der Waals surface area contributed by atoms with Gasteiger partial charge in [0.1, 0.15) is 11.6 Å². The molecule has 0 saturated heterocycles. The molecule has 0 aliphatic rings. The summed E-state index contributed by atoms with van der Waals surface area (Å²) in [4.78, 5) is 23.5. The van der Waals surface area contributed by atoms with Crippen molar-refractivity contribution in [1.82, 2.24) is 5.32 Å². The number of carbonyl (C=O) groups excluding carboxylic acids is 2. The fraction of sp³-hybridized carbons (Fsp3) is 0.261. The van der Waals surface area contributed by atoms with Crippen LogP contribution in [-0.4, -0.2) is 39.2 Å². The number of carbonyl (C=O) groups is 2. The van der Waals surface area contributed by atoms with Crippen molar-refractivity contribution in [3.05, 3.63) is 65.2 Å². The molecule has 0 aromatic heterocycles. The summed E-state index contributed by atoms with van der Waals surface area (Å²) in [6.45, 7) is 0.216. The van der Waals surface area contributed by atoms with E-state index in [0.717, 1.165) is 12.8 Å². The van der Waals surface area contributed by atoms with Crippen LogP contribution in [0.25, 0.3) is 6.08 Å². The maximum absolute atomic E-state index is 12.3. The Morgan fingerprint density at radius 1 is 1.10 bits per heavy atom. The van der Waals surface area contributed by atoms with Crippen molar-refractivity contribution < 1.29 is 23.8 Å². The molecule has 2 rings (SSSR count). The van der Waals surface area contributed by atoms with Gasteiger partial charge >= 0.3 is 5.97 Å². The zero-order chi connectivity index (χ0) is 21.8. The van der Waals surface area contributed by atoms with Gasteiger partial charge in [-0.2, -0.15) is 5.26 Å². The van der Waals surface area contributed by atoms with Crippen molar-refractivity contribution in [3.63, 3.8) is 0 Å². The van der Waals surface area contributed by atoms with Gasteiger partial charge in [-0.05, 0) is 42.2 Å². The Bertz CT molecular complexity index is 932. The molecule has 1 amide bonds. The Hall–Kier alpha value is -3.79. The lowest BCUT2D eigenvalue weighted by Gasteiger charge is -2.10. The van der Waals surface area contributed by atoms with Crippen LogP contribution < -0.4 is 14.8 Å². The van der Waals surface area contributed by atoms with Crippen molar-refractivity contribution >= 4 is 18.0 Å². The molecule has 156 valence electrons. The van der Waals surface area contributed by atoms with Gasteiger partial charge < -0.3 is 19.5 Å². The van der Waals surface area contributed by atoms with E-state index in [0.29, 0.717) is 23.6 Å². The maximum atomic E-state index is 12.3. The van der Waals surface area contributed by atoms with Crippen LogP contribution in [-0.2, 0) is 20.7 Å². The minimum absolute atomic E-state index is 0.0139. The fourth-order valence-electron chi connectivity index (χ4n) is 2.64. The van der Waals surface area contributed by atoms with Crippen molar-refractivity contribution in [3.8, 4) is 17.6 Å². The zero-order valence-corrected chi connectivity index (χ0v) is 17.0. The van der Waals surface area contributed by atoms with Gasteiger partial charge in [-0.1, -0.05) is 36.4 Å². The Kier molecular flexibility index (Phi) is 8.94. The van der Waals surface area contributed by atoms with Gasteiger partial charge in [-0.3, -0.25) is 4.79 Å². The van der Waals surface area contributed by atoms with E-state index in [1.165, 1.54) is 25.9 Å². The second kappa shape index (κ2) is 11.9. The van der Waals surface area contributed by atoms with Gasteiger partial charge in [0.2, 0.25) is 0 Å². The van der Waals surface area contributed by atoms with Gasteiger partial charge in [-0.15, -0.1) is 0 Å². The summed E-state index contributed by atoms with van der Waals surface area (Å²) in [6, 6.07) is 16.8. The highest BCUT2D eigenvalue weighted by molar-refractivity contribution is 6.01. The molecule has 0 saturated carbocycles. The second-order valence-electron chi connectivity index (χ2n) is 6.29. The molecule has 1 N–H and O–H groups in total. The molecule has 0 spiro atoms. The number of methoxy groups -OCH3 is 2. The first-order chi connectivity index (χ1) is 14.6. The molecule has 30 heavy (non-hydrogen) atoms. The van der Waals surface area contributed by atoms with E-state index in [-0.39, 0.29) is 12.2 Å². The van der Waals surface area contributed by atoms with Crippen LogP contribution in [0.5, 0.6) is 11.5 Å². The van der Waals surface area contributed by atoms with E-state index < -0.39 is 11.9 Å². The van der Waals surface area contributed by atoms with Gasteiger partial charge in [0.25, 0.3) is 5.91 Å². The Labute approximate surface area is 175 Å². The van der Waals surface area contributed by atoms with Crippen LogP contribution in [0, 0.1) is 11.3 Å². The summed E-state index contributed by atoms with van der Waals surface area (Å²) in [5.74, 6) is -0.232. The van der Waals surface area contributed by atoms with Crippen molar-refractivity contribution in [2.75, 3.05) is 27.4 Å². The third-order valence-electron chi connectivity index (χ3n) is 4.21. The highest BCUT2D eigenvalue weighted by atomic mass is 16.6. The number of ether oxygens (including phenoxy) is 3. The first-order valence-electron chi connectivity index (χ1n) is 9.39. The quantitative estimate of drug-likeness (QED) is 0.281. The number of nitriles is 1. The summed E-state index contributed by atoms with van der Waals surface area (Å²) >= 11 is 0. The number of hydrogen-bond acceptors (Lipinski definition) is 6. The lowest BCUT2D eigenvalue weighted by atomic mass is 10.1. The molecule has 0 unspecified atom stereocenters. The summed E-state index contributed by atoms with van der Waals surface area (Å²) in [5.41, 5.74) is 1.78. The van der Waals surface area contributed by atoms with Gasteiger partial charge in [0.05, 0.1) is 14.2 Å². The predicted octanol–water partition coefficient (Wildman–Crippen LogP) is 2.90. The molecular formula is C23H24N2O5. The lowest BCUT2D eigenvalue weighted by molar-refractivity contribution is -0.142. The van der Waals surface area contributed by atoms with E-state index in [1.807, 2.05) is 36.4 Å². The van der Waals surface area contributed by atoms with Crippen LogP contribution in [0.4, 0.5) is 0 Å². The van der Waals surface area contributed by atoms with Gasteiger partial charge in [0.15, 0.2) is 18.1 Å². The molecule has 7 nitrogen and oxygen atoms in total. The first kappa shape index (κ1) is 22.5. The molecule has 0 heterocycles. The van der Waals surface area contributed by atoms with Crippen molar-refractivity contribution in [2.24, 2.45) is 0 Å². The number of nitrogens with one attached hydrogen (secondary N) is 1. The second-order valence-corrected chi connectivity index (χ2v) is 6.29. The topological polar surface area (TPSA) is 97.7 Å². The van der Waals surface area contributed by atoms with E-state index in [1.54, 1.807) is 18.2 Å². The minimum atomic E-state index is -0.517. The standard InChI is InChI=1S/C23H24N2O5/c1-28-21-14-18(10-11-20(21)30-16-22(26)29-2)13-19(15-24)23(27)25-12-6-9-17-7-4-3-5-8-17/h3-5,7-8,10-11,13-14H,6,9,12,16H2,1-2H3,(H,25,27)/b19-13-. The zero-order valence-electron chi connectivity index (χ0n) is 17.0. The summed E-state index contributed by atoms with van der Waals surface area (Å²) in [6.07, 6.45) is 3.09. The molecule has 0 radical (unpaired) electrons. The molecular weight excluding hydrogens is 384 g/mol. The number of amides is 1. The molecule has 0 fully saturated rings. The van der Waals surface area contributed by atoms with E-state index in [4.69, 9.17) is 9.47 Å². The fourth-order valence-corrected chi connectivity index (χ4v) is 2.64. The highest BCUT2D eigenvalue weighted by Gasteiger charge is 2.11. The van der Waals surface area contributed by atoms with Crippen LogP contribution >= 0.6 is 0 Å². The largest absolute Gasteiger partial charge is 0.493 e. The molecule has 7 heteroatoms. The molecule has 2 aromatic rings. The predicted molar refractivity (Wildman–Crippen MR) is 112 cm³/mol. The van der Waals surface area contributed by atoms with Gasteiger partial charge in [0, 0.05) is 6.54 Å². The van der Waals surface area contributed by atoms with Crippen LogP contribution in [0.3, 0.4) is 0 Å². The minimum Gasteiger partial charge on any atom is -0.493 e. The lowest BCUT2D eigenvalue weighted by Crippen LogP contribution is -2.25. The van der Waals surface area contributed by atoms with Crippen molar-refractivity contribution in [2.45, 2.75) is 12.8 Å². The number of benzene rings is 2. The molecule has 0 atom stereocenters. The Morgan fingerprint density at radius 3 is 2.53 bits per heavy atom. The van der Waals surface area contributed by atoms with Crippen LogP contribution in [0.1, 0.15) is 17.5 Å². The normalized spacial score (nSPS) is 10.6. The number of aryl methyl sites for hydroxylation is 1. The first-order valence-corrected chi connectivity index (χ1v) is 9.39. The molecule has 0 aliphatic carbocycles. The third-order valence-corrected chi connectivity index (χ3v) is 4.21. The highest BCUT2D eigenvalue weighted by Crippen LogP contribution is 2.29. The SMILES string of the molecule is COC(=O)COc1ccc(/C=C(/C#N)C(=O)NCCCc2ccccc2)cc1OC. The number of nitrogens with zero attached hydrogens (tertiary/aromatic N) is 1. The Balaban J connectivity index is 1.97. The van der Waals surface area contributed by atoms with E-state index >= 15 is 0 Å². The molecule has 0 aliphatic heterocycles. The number of esters is 1. The van der Waals surface area contributed by atoms with E-state index in [9.17, 15) is 14.9 Å². The average Bonchev–Trinajstić information content (AvgIpc) is 2.79. The monoisotopic (exact) mass is 408 g/mol. The van der Waals surface area contributed by atoms with Crippen molar-refractivity contribution in [1.29, 1.82) is 5.26 Å². The number of hydrogen-bond donors (Lipinski definition) is 1. The summed E-state index contributed by atoms with van der Waals surface area (Å²) in [7, 11) is 2.73. The average molecular weight is 408 g/mol. The van der Waals surface area contributed by atoms with Gasteiger partial charge in [-0.25, -0.2) is 4.79 Å². The maximum Gasteiger partial charge on any atom is 0.343 e.